The predicted molar refractivity (Wildman–Crippen MR) is 120 cm³/mol. The molecule has 3 amide bonds. The fourth-order valence-corrected chi connectivity index (χ4v) is 3.27. The van der Waals surface area contributed by atoms with Crippen LogP contribution >= 0.6 is 39.1 Å². The molecule has 0 bridgehead atoms. The normalized spacial score (nSPS) is 10.2. The maximum Gasteiger partial charge on any atom is 0.271 e. The van der Waals surface area contributed by atoms with Crippen LogP contribution in [-0.4, -0.2) is 17.7 Å². The molecule has 3 N–H and O–H groups in total. The van der Waals surface area contributed by atoms with E-state index in [9.17, 15) is 14.4 Å². The Morgan fingerprint density at radius 2 is 1.37 bits per heavy atom. The Morgan fingerprint density at radius 1 is 0.733 bits per heavy atom. The lowest BCUT2D eigenvalue weighted by atomic mass is 10.1. The van der Waals surface area contributed by atoms with E-state index in [1.54, 1.807) is 42.5 Å². The third-order valence-electron chi connectivity index (χ3n) is 3.99. The Kier molecular flexibility index (Phi) is 7.10. The minimum absolute atomic E-state index is 0.149. The maximum absolute atomic E-state index is 12.6. The fourth-order valence-electron chi connectivity index (χ4n) is 2.51. The zero-order chi connectivity index (χ0) is 21.7. The highest BCUT2D eigenvalue weighted by Gasteiger charge is 2.16. The summed E-state index contributed by atoms with van der Waals surface area (Å²) >= 11 is 15.1. The molecule has 0 heterocycles. The molecule has 6 nitrogen and oxygen atoms in total. The van der Waals surface area contributed by atoms with Crippen LogP contribution in [0.5, 0.6) is 0 Å². The van der Waals surface area contributed by atoms with Gasteiger partial charge in [-0.2, -0.15) is 0 Å². The number of rotatable bonds is 4. The van der Waals surface area contributed by atoms with Crippen molar-refractivity contribution in [3.8, 4) is 0 Å². The molecule has 152 valence electrons. The van der Waals surface area contributed by atoms with Gasteiger partial charge < -0.3 is 5.32 Å². The second kappa shape index (κ2) is 9.75. The smallest absolute Gasteiger partial charge is 0.271 e. The molecule has 30 heavy (non-hydrogen) atoms. The van der Waals surface area contributed by atoms with Crippen molar-refractivity contribution in [2.24, 2.45) is 0 Å². The predicted octanol–water partition coefficient (Wildman–Crippen LogP) is 5.08. The Morgan fingerprint density at radius 3 is 2.03 bits per heavy atom. The molecule has 0 fully saturated rings. The van der Waals surface area contributed by atoms with Crippen LogP contribution in [0.3, 0.4) is 0 Å². The monoisotopic (exact) mass is 505 g/mol. The molecular formula is C21H14BrCl2N3O3. The molecule has 0 radical (unpaired) electrons. The number of hydrazine groups is 1. The highest BCUT2D eigenvalue weighted by molar-refractivity contribution is 9.10. The molecule has 0 atom stereocenters. The highest BCUT2D eigenvalue weighted by Crippen LogP contribution is 2.21. The van der Waals surface area contributed by atoms with Crippen LogP contribution < -0.4 is 16.2 Å². The number of halogens is 3. The first-order valence-electron chi connectivity index (χ1n) is 8.57. The molecule has 9 heteroatoms. The fraction of sp³-hybridized carbons (Fsp3) is 0. The second-order valence-electron chi connectivity index (χ2n) is 6.04. The Labute approximate surface area is 190 Å². The van der Waals surface area contributed by atoms with Crippen LogP contribution in [0.2, 0.25) is 10.0 Å². The summed E-state index contributed by atoms with van der Waals surface area (Å²) in [5, 5.41) is 3.23. The molecule has 0 aliphatic carbocycles. The van der Waals surface area contributed by atoms with Crippen molar-refractivity contribution in [2.45, 2.75) is 0 Å². The summed E-state index contributed by atoms with van der Waals surface area (Å²) in [4.78, 5) is 37.3. The van der Waals surface area contributed by atoms with Crippen LogP contribution in [0.15, 0.2) is 71.2 Å². The van der Waals surface area contributed by atoms with Gasteiger partial charge in [-0.3, -0.25) is 25.2 Å². The number of hydrogen-bond acceptors (Lipinski definition) is 3. The SMILES string of the molecule is O=C(Nc1ccccc1C(=O)NNC(=O)c1ccc(Cl)cc1Cl)c1ccc(Br)cc1. The zero-order valence-corrected chi connectivity index (χ0v) is 18.3. The standard InChI is InChI=1S/C21H14BrCl2N3O3/c22-13-7-5-12(6-8-13)19(28)25-18-4-2-1-3-16(18)21(30)27-26-20(29)15-10-9-14(23)11-17(15)24/h1-11H,(H,25,28)(H,26,29)(H,27,30). The first-order chi connectivity index (χ1) is 14.3. The summed E-state index contributed by atoms with van der Waals surface area (Å²) in [6, 6.07) is 17.6. The van der Waals surface area contributed by atoms with Crippen LogP contribution in [0.4, 0.5) is 5.69 Å². The zero-order valence-electron chi connectivity index (χ0n) is 15.2. The van der Waals surface area contributed by atoms with Crippen molar-refractivity contribution in [1.29, 1.82) is 0 Å². The summed E-state index contributed by atoms with van der Waals surface area (Å²) in [6.45, 7) is 0. The molecule has 0 aliphatic rings. The van der Waals surface area contributed by atoms with E-state index in [1.807, 2.05) is 0 Å². The molecule has 0 aliphatic heterocycles. The molecule has 0 unspecified atom stereocenters. The van der Waals surface area contributed by atoms with E-state index in [0.29, 0.717) is 16.3 Å². The number of benzene rings is 3. The van der Waals surface area contributed by atoms with E-state index in [2.05, 4.69) is 32.1 Å². The van der Waals surface area contributed by atoms with Crippen molar-refractivity contribution in [1.82, 2.24) is 10.9 Å². The summed E-state index contributed by atoms with van der Waals surface area (Å²) < 4.78 is 0.843. The van der Waals surface area contributed by atoms with Crippen LogP contribution in [-0.2, 0) is 0 Å². The first-order valence-corrected chi connectivity index (χ1v) is 10.1. The quantitative estimate of drug-likeness (QED) is 0.431. The Balaban J connectivity index is 1.70. The van der Waals surface area contributed by atoms with E-state index >= 15 is 0 Å². The second-order valence-corrected chi connectivity index (χ2v) is 7.80. The van der Waals surface area contributed by atoms with E-state index in [4.69, 9.17) is 23.2 Å². The van der Waals surface area contributed by atoms with E-state index < -0.39 is 11.8 Å². The third kappa shape index (κ3) is 5.38. The van der Waals surface area contributed by atoms with Crippen molar-refractivity contribution in [3.05, 3.63) is 97.9 Å². The van der Waals surface area contributed by atoms with Crippen LogP contribution in [0, 0.1) is 0 Å². The third-order valence-corrected chi connectivity index (χ3v) is 5.07. The summed E-state index contributed by atoms with van der Waals surface area (Å²) in [5.74, 6) is -1.60. The minimum atomic E-state index is -0.611. The van der Waals surface area contributed by atoms with Crippen molar-refractivity contribution < 1.29 is 14.4 Å². The number of nitrogens with one attached hydrogen (secondary N) is 3. The van der Waals surface area contributed by atoms with Gasteiger partial charge in [0.25, 0.3) is 17.7 Å². The molecule has 3 aromatic rings. The molecule has 3 aromatic carbocycles. The number of amides is 3. The Bertz CT molecular complexity index is 1120. The number of carbonyl (C=O) groups is 3. The largest absolute Gasteiger partial charge is 0.321 e. The van der Waals surface area contributed by atoms with E-state index in [1.165, 1.54) is 24.3 Å². The first kappa shape index (κ1) is 21.8. The number of anilines is 1. The van der Waals surface area contributed by atoms with Gasteiger partial charge in [0, 0.05) is 15.1 Å². The van der Waals surface area contributed by atoms with Gasteiger partial charge in [-0.05, 0) is 54.6 Å². The van der Waals surface area contributed by atoms with Crippen molar-refractivity contribution in [2.75, 3.05) is 5.32 Å². The van der Waals surface area contributed by atoms with Gasteiger partial charge in [0.2, 0.25) is 0 Å². The highest BCUT2D eigenvalue weighted by atomic mass is 79.9. The average Bonchev–Trinajstić information content (AvgIpc) is 2.72. The number of hydrogen-bond donors (Lipinski definition) is 3. The van der Waals surface area contributed by atoms with Crippen LogP contribution in [0.1, 0.15) is 31.1 Å². The Hall–Kier alpha value is -2.87. The van der Waals surface area contributed by atoms with Gasteiger partial charge in [0.1, 0.15) is 0 Å². The number of para-hydroxylation sites is 1. The topological polar surface area (TPSA) is 87.3 Å². The van der Waals surface area contributed by atoms with Gasteiger partial charge in [0.15, 0.2) is 0 Å². The van der Waals surface area contributed by atoms with Crippen molar-refractivity contribution >= 4 is 62.5 Å². The molecule has 0 saturated carbocycles. The maximum atomic E-state index is 12.6. The van der Waals surface area contributed by atoms with Gasteiger partial charge >= 0.3 is 0 Å². The lowest BCUT2D eigenvalue weighted by Gasteiger charge is -2.12. The van der Waals surface area contributed by atoms with E-state index in [0.717, 1.165) is 4.47 Å². The van der Waals surface area contributed by atoms with Gasteiger partial charge in [-0.15, -0.1) is 0 Å². The molecule has 0 saturated heterocycles. The summed E-state index contributed by atoms with van der Waals surface area (Å²) in [7, 11) is 0. The molecule has 0 spiro atoms. The van der Waals surface area contributed by atoms with Gasteiger partial charge in [0.05, 0.1) is 21.8 Å². The summed E-state index contributed by atoms with van der Waals surface area (Å²) in [5.41, 5.74) is 5.65. The van der Waals surface area contributed by atoms with Crippen molar-refractivity contribution in [3.63, 3.8) is 0 Å². The summed E-state index contributed by atoms with van der Waals surface area (Å²) in [6.07, 6.45) is 0. The number of carbonyl (C=O) groups excluding carboxylic acids is 3. The van der Waals surface area contributed by atoms with Gasteiger partial charge in [-0.25, -0.2) is 0 Å². The van der Waals surface area contributed by atoms with E-state index in [-0.39, 0.29) is 22.1 Å². The lowest BCUT2D eigenvalue weighted by Crippen LogP contribution is -2.42. The molecule has 3 rings (SSSR count). The molecule has 0 aromatic heterocycles. The van der Waals surface area contributed by atoms with Crippen LogP contribution in [0.25, 0.3) is 0 Å². The minimum Gasteiger partial charge on any atom is -0.321 e. The molecular weight excluding hydrogens is 493 g/mol. The lowest BCUT2D eigenvalue weighted by molar-refractivity contribution is 0.0847. The van der Waals surface area contributed by atoms with Gasteiger partial charge in [-0.1, -0.05) is 51.3 Å². The average molecular weight is 507 g/mol.